The number of hydrogen-bond donors (Lipinski definition) is 0. The van der Waals surface area contributed by atoms with Crippen LogP contribution in [0.3, 0.4) is 0 Å². The highest BCUT2D eigenvalue weighted by molar-refractivity contribution is 4.62. The highest BCUT2D eigenvalue weighted by Crippen LogP contribution is 2.24. The molecule has 0 bridgehead atoms. The summed E-state index contributed by atoms with van der Waals surface area (Å²) in [7, 11) is 0. The maximum atomic E-state index is 2.32. The average Bonchev–Trinajstić information content (AvgIpc) is 2.57. The van der Waals surface area contributed by atoms with Crippen LogP contribution in [0, 0.1) is 5.92 Å². The van der Waals surface area contributed by atoms with Crippen LogP contribution >= 0.6 is 0 Å². The minimum atomic E-state index is 1.05. The zero-order valence-electron chi connectivity index (χ0n) is 17.0. The zero-order valence-corrected chi connectivity index (χ0v) is 17.0. The number of rotatable bonds is 19. The molecule has 1 unspecified atom stereocenters. The topological polar surface area (TPSA) is 0 Å². The van der Waals surface area contributed by atoms with Crippen LogP contribution in [0.4, 0.5) is 0 Å². The smallest absolute Gasteiger partial charge is 0.0414 e. The summed E-state index contributed by atoms with van der Waals surface area (Å²) >= 11 is 0. The Morgan fingerprint density at radius 3 is 0.957 bits per heavy atom. The first-order valence-electron chi connectivity index (χ1n) is 11.3. The van der Waals surface area contributed by atoms with Gasteiger partial charge in [-0.1, -0.05) is 143 Å². The van der Waals surface area contributed by atoms with E-state index in [0.717, 1.165) is 5.92 Å². The van der Waals surface area contributed by atoms with Crippen LogP contribution in [0.25, 0.3) is 0 Å². The number of unbranched alkanes of at least 4 members (excludes halogenated alkanes) is 13. The lowest BCUT2D eigenvalue weighted by molar-refractivity contribution is 0.367. The molecule has 0 heterocycles. The Hall–Kier alpha value is 0. The minimum absolute atomic E-state index is 1.05. The molecule has 0 heteroatoms. The molecule has 0 N–H and O–H groups in total. The molecule has 0 nitrogen and oxygen atoms in total. The third-order valence-electron chi connectivity index (χ3n) is 5.40. The average molecular weight is 325 g/mol. The molecule has 0 aromatic rings. The standard InChI is InChI=1S/C23H48/c1-4-7-10-13-14-16-19-22-23(20-17-12-9-6-3)21-18-15-11-8-5-2/h23H,4-22H2,1-3H3. The summed E-state index contributed by atoms with van der Waals surface area (Å²) in [5, 5.41) is 0. The first kappa shape index (κ1) is 23.0. The first-order chi connectivity index (χ1) is 11.3. The largest absolute Gasteiger partial charge is 0.0654 e. The molecule has 0 amide bonds. The minimum Gasteiger partial charge on any atom is -0.0654 e. The van der Waals surface area contributed by atoms with Gasteiger partial charge in [-0.15, -0.1) is 0 Å². The van der Waals surface area contributed by atoms with Crippen molar-refractivity contribution in [1.82, 2.24) is 0 Å². The van der Waals surface area contributed by atoms with Gasteiger partial charge in [0.05, 0.1) is 0 Å². The van der Waals surface area contributed by atoms with Crippen molar-refractivity contribution in [2.75, 3.05) is 0 Å². The Balaban J connectivity index is 3.69. The van der Waals surface area contributed by atoms with Crippen LogP contribution in [-0.2, 0) is 0 Å². The van der Waals surface area contributed by atoms with Crippen LogP contribution < -0.4 is 0 Å². The van der Waals surface area contributed by atoms with E-state index >= 15 is 0 Å². The Bertz CT molecular complexity index is 196. The van der Waals surface area contributed by atoms with Gasteiger partial charge in [-0.2, -0.15) is 0 Å². The molecule has 0 aliphatic rings. The molecule has 0 aliphatic heterocycles. The summed E-state index contributed by atoms with van der Waals surface area (Å²) in [5.41, 5.74) is 0. The second-order valence-corrected chi connectivity index (χ2v) is 7.83. The summed E-state index contributed by atoms with van der Waals surface area (Å²) in [5.74, 6) is 1.05. The molecule has 140 valence electrons. The SMILES string of the molecule is CCCCCCCCCC(CCCCCC)CCCCCCC. The highest BCUT2D eigenvalue weighted by Gasteiger charge is 2.08. The molecule has 0 radical (unpaired) electrons. The van der Waals surface area contributed by atoms with E-state index in [2.05, 4.69) is 20.8 Å². The van der Waals surface area contributed by atoms with Crippen molar-refractivity contribution in [2.45, 2.75) is 143 Å². The van der Waals surface area contributed by atoms with Crippen molar-refractivity contribution < 1.29 is 0 Å². The fourth-order valence-corrected chi connectivity index (χ4v) is 3.72. The monoisotopic (exact) mass is 324 g/mol. The van der Waals surface area contributed by atoms with E-state index in [-0.39, 0.29) is 0 Å². The van der Waals surface area contributed by atoms with Crippen molar-refractivity contribution in [3.8, 4) is 0 Å². The van der Waals surface area contributed by atoms with Crippen LogP contribution in [0.15, 0.2) is 0 Å². The predicted molar refractivity (Wildman–Crippen MR) is 108 cm³/mol. The summed E-state index contributed by atoms with van der Waals surface area (Å²) < 4.78 is 0. The van der Waals surface area contributed by atoms with Gasteiger partial charge in [0, 0.05) is 0 Å². The zero-order chi connectivity index (χ0) is 17.0. The van der Waals surface area contributed by atoms with Crippen molar-refractivity contribution in [3.05, 3.63) is 0 Å². The lowest BCUT2D eigenvalue weighted by Crippen LogP contribution is -2.01. The Labute approximate surface area is 149 Å². The van der Waals surface area contributed by atoms with E-state index in [1.807, 2.05) is 0 Å². The Kier molecular flexibility index (Phi) is 20.0. The predicted octanol–water partition coefficient (Wildman–Crippen LogP) is 9.07. The van der Waals surface area contributed by atoms with Gasteiger partial charge in [0.15, 0.2) is 0 Å². The first-order valence-corrected chi connectivity index (χ1v) is 11.3. The molecule has 1 atom stereocenters. The lowest BCUT2D eigenvalue weighted by Gasteiger charge is -2.17. The second kappa shape index (κ2) is 20.0. The molecule has 0 aromatic heterocycles. The van der Waals surface area contributed by atoms with Gasteiger partial charge in [0.25, 0.3) is 0 Å². The molecule has 0 spiro atoms. The Morgan fingerprint density at radius 2 is 0.609 bits per heavy atom. The molecule has 0 saturated heterocycles. The lowest BCUT2D eigenvalue weighted by atomic mass is 9.89. The van der Waals surface area contributed by atoms with Crippen LogP contribution in [0.1, 0.15) is 143 Å². The fraction of sp³-hybridized carbons (Fsp3) is 1.00. The molecule has 0 aromatic carbocycles. The van der Waals surface area contributed by atoms with E-state index in [9.17, 15) is 0 Å². The van der Waals surface area contributed by atoms with Gasteiger partial charge in [-0.3, -0.25) is 0 Å². The number of hydrogen-bond acceptors (Lipinski definition) is 0. The van der Waals surface area contributed by atoms with E-state index in [1.54, 1.807) is 0 Å². The molecule has 23 heavy (non-hydrogen) atoms. The van der Waals surface area contributed by atoms with E-state index in [0.29, 0.717) is 0 Å². The van der Waals surface area contributed by atoms with E-state index in [4.69, 9.17) is 0 Å². The molecule has 0 saturated carbocycles. The van der Waals surface area contributed by atoms with E-state index in [1.165, 1.54) is 122 Å². The van der Waals surface area contributed by atoms with E-state index < -0.39 is 0 Å². The summed E-state index contributed by atoms with van der Waals surface area (Å²) in [6.45, 7) is 6.95. The normalized spacial score (nSPS) is 12.7. The van der Waals surface area contributed by atoms with Crippen molar-refractivity contribution in [3.63, 3.8) is 0 Å². The fourth-order valence-electron chi connectivity index (χ4n) is 3.72. The van der Waals surface area contributed by atoms with Gasteiger partial charge in [0.2, 0.25) is 0 Å². The van der Waals surface area contributed by atoms with Gasteiger partial charge in [-0.25, -0.2) is 0 Å². The van der Waals surface area contributed by atoms with Gasteiger partial charge >= 0.3 is 0 Å². The molecular formula is C23H48. The third kappa shape index (κ3) is 18.2. The maximum absolute atomic E-state index is 2.32. The summed E-state index contributed by atoms with van der Waals surface area (Å²) in [6, 6.07) is 0. The Morgan fingerprint density at radius 1 is 0.348 bits per heavy atom. The van der Waals surface area contributed by atoms with Crippen LogP contribution in [-0.4, -0.2) is 0 Å². The quantitative estimate of drug-likeness (QED) is 0.208. The third-order valence-corrected chi connectivity index (χ3v) is 5.40. The molecule has 0 rings (SSSR count). The maximum Gasteiger partial charge on any atom is -0.0414 e. The summed E-state index contributed by atoms with van der Waals surface area (Å²) in [4.78, 5) is 0. The van der Waals surface area contributed by atoms with Crippen LogP contribution in [0.2, 0.25) is 0 Å². The molecular weight excluding hydrogens is 276 g/mol. The van der Waals surface area contributed by atoms with Crippen molar-refractivity contribution in [1.29, 1.82) is 0 Å². The van der Waals surface area contributed by atoms with Crippen molar-refractivity contribution >= 4 is 0 Å². The van der Waals surface area contributed by atoms with Crippen LogP contribution in [0.5, 0.6) is 0 Å². The molecule has 0 fully saturated rings. The summed E-state index contributed by atoms with van der Waals surface area (Å²) in [6.07, 6.45) is 27.8. The van der Waals surface area contributed by atoms with Gasteiger partial charge < -0.3 is 0 Å². The highest BCUT2D eigenvalue weighted by atomic mass is 14.1. The second-order valence-electron chi connectivity index (χ2n) is 7.83. The van der Waals surface area contributed by atoms with Gasteiger partial charge in [-0.05, 0) is 5.92 Å². The van der Waals surface area contributed by atoms with Crippen molar-refractivity contribution in [2.24, 2.45) is 5.92 Å². The van der Waals surface area contributed by atoms with Gasteiger partial charge in [0.1, 0.15) is 0 Å². The molecule has 0 aliphatic carbocycles.